The molecule has 0 bridgehead atoms. The molecule has 54 valence electrons. The molecule has 10 heavy (non-hydrogen) atoms. The number of hydrogen-bond donors (Lipinski definition) is 1. The lowest BCUT2D eigenvalue weighted by molar-refractivity contribution is -0.130. The summed E-state index contributed by atoms with van der Waals surface area (Å²) in [6, 6.07) is 0. The third-order valence-electron chi connectivity index (χ3n) is 0.640. The number of hydrogen-bond acceptors (Lipinski definition) is 1. The lowest BCUT2D eigenvalue weighted by atomic mass is 10.3. The maximum atomic E-state index is 9.84. The number of allylic oxidation sites excluding steroid dienone is 1. The standard InChI is InChI=1S/C6H4Cl2O2/c1-4(6(7)8)2-3-5(9)10/h1H3,(H,9,10). The van der Waals surface area contributed by atoms with Crippen LogP contribution in [0, 0.1) is 11.8 Å². The average Bonchev–Trinajstić information content (AvgIpc) is 1.82. The highest BCUT2D eigenvalue weighted by Gasteiger charge is 1.90. The molecule has 0 atom stereocenters. The lowest BCUT2D eigenvalue weighted by Crippen LogP contribution is -1.86. The smallest absolute Gasteiger partial charge is 0.382 e. The van der Waals surface area contributed by atoms with Crippen molar-refractivity contribution in [1.29, 1.82) is 0 Å². The van der Waals surface area contributed by atoms with Crippen molar-refractivity contribution in [3.05, 3.63) is 10.1 Å². The third-order valence-corrected chi connectivity index (χ3v) is 1.21. The maximum absolute atomic E-state index is 9.84. The van der Waals surface area contributed by atoms with E-state index in [2.05, 4.69) is 5.92 Å². The van der Waals surface area contributed by atoms with Gasteiger partial charge in [0, 0.05) is 11.5 Å². The Morgan fingerprint density at radius 3 is 2.20 bits per heavy atom. The first-order chi connectivity index (χ1) is 4.54. The van der Waals surface area contributed by atoms with Gasteiger partial charge in [-0.25, -0.2) is 4.79 Å². The summed E-state index contributed by atoms with van der Waals surface area (Å²) in [7, 11) is 0. The molecule has 0 aromatic heterocycles. The Labute approximate surface area is 68.4 Å². The van der Waals surface area contributed by atoms with E-state index in [1.165, 1.54) is 6.92 Å². The lowest BCUT2D eigenvalue weighted by Gasteiger charge is -1.83. The molecule has 0 aromatic carbocycles. The number of rotatable bonds is 0. The molecule has 0 spiro atoms. The van der Waals surface area contributed by atoms with Crippen molar-refractivity contribution in [2.75, 3.05) is 0 Å². The van der Waals surface area contributed by atoms with Gasteiger partial charge < -0.3 is 5.11 Å². The van der Waals surface area contributed by atoms with E-state index < -0.39 is 5.97 Å². The Kier molecular flexibility index (Phi) is 3.94. The van der Waals surface area contributed by atoms with Gasteiger partial charge in [0.05, 0.1) is 0 Å². The molecule has 0 rings (SSSR count). The second-order valence-electron chi connectivity index (χ2n) is 1.44. The number of carboxylic acids is 1. The Bertz CT molecular complexity index is 228. The third kappa shape index (κ3) is 4.25. The fourth-order valence-electron chi connectivity index (χ4n) is 0.194. The van der Waals surface area contributed by atoms with Crippen LogP contribution >= 0.6 is 23.2 Å². The van der Waals surface area contributed by atoms with Gasteiger partial charge in [-0.1, -0.05) is 29.1 Å². The zero-order valence-electron chi connectivity index (χ0n) is 5.11. The van der Waals surface area contributed by atoms with Gasteiger partial charge in [0.15, 0.2) is 0 Å². The highest BCUT2D eigenvalue weighted by atomic mass is 35.5. The Morgan fingerprint density at radius 2 is 1.90 bits per heavy atom. The van der Waals surface area contributed by atoms with E-state index >= 15 is 0 Å². The zero-order valence-corrected chi connectivity index (χ0v) is 6.62. The van der Waals surface area contributed by atoms with Gasteiger partial charge in [0.1, 0.15) is 4.49 Å². The molecule has 0 aromatic rings. The number of carboxylic acid groups (broad SMARTS) is 1. The summed E-state index contributed by atoms with van der Waals surface area (Å²) in [5, 5.41) is 8.06. The van der Waals surface area contributed by atoms with Gasteiger partial charge in [-0.15, -0.1) is 0 Å². The van der Waals surface area contributed by atoms with Crippen molar-refractivity contribution in [2.24, 2.45) is 0 Å². The summed E-state index contributed by atoms with van der Waals surface area (Å²) in [4.78, 5) is 9.84. The maximum Gasteiger partial charge on any atom is 0.382 e. The van der Waals surface area contributed by atoms with E-state index in [1.54, 1.807) is 0 Å². The van der Waals surface area contributed by atoms with Crippen LogP contribution in [0.4, 0.5) is 0 Å². The molecule has 2 nitrogen and oxygen atoms in total. The molecule has 0 amide bonds. The first-order valence-electron chi connectivity index (χ1n) is 2.31. The number of carbonyl (C=O) groups is 1. The molecular weight excluding hydrogens is 175 g/mol. The van der Waals surface area contributed by atoms with Crippen LogP contribution < -0.4 is 0 Å². The molecule has 0 aliphatic heterocycles. The second-order valence-corrected chi connectivity index (χ2v) is 2.39. The fraction of sp³-hybridized carbons (Fsp3) is 0.167. The topological polar surface area (TPSA) is 37.3 Å². The van der Waals surface area contributed by atoms with Crippen LogP contribution in [0.2, 0.25) is 0 Å². The van der Waals surface area contributed by atoms with Gasteiger partial charge in [0.2, 0.25) is 0 Å². The minimum atomic E-state index is -1.20. The van der Waals surface area contributed by atoms with Crippen molar-refractivity contribution < 1.29 is 9.90 Å². The van der Waals surface area contributed by atoms with Gasteiger partial charge in [-0.2, -0.15) is 0 Å². The van der Waals surface area contributed by atoms with Crippen LogP contribution in [-0.4, -0.2) is 11.1 Å². The minimum absolute atomic E-state index is 0.00579. The largest absolute Gasteiger partial charge is 0.472 e. The van der Waals surface area contributed by atoms with Crippen LogP contribution in [0.5, 0.6) is 0 Å². The molecule has 0 aliphatic rings. The minimum Gasteiger partial charge on any atom is -0.472 e. The van der Waals surface area contributed by atoms with Gasteiger partial charge >= 0.3 is 5.97 Å². The fourth-order valence-corrected chi connectivity index (χ4v) is 0.289. The van der Waals surface area contributed by atoms with E-state index in [0.717, 1.165) is 0 Å². The molecule has 0 saturated heterocycles. The Morgan fingerprint density at radius 1 is 1.40 bits per heavy atom. The van der Waals surface area contributed by atoms with Crippen molar-refractivity contribution in [3.63, 3.8) is 0 Å². The first kappa shape index (κ1) is 9.35. The van der Waals surface area contributed by atoms with Gasteiger partial charge in [-0.3, -0.25) is 0 Å². The molecule has 0 fully saturated rings. The van der Waals surface area contributed by atoms with Crippen molar-refractivity contribution >= 4 is 29.2 Å². The monoisotopic (exact) mass is 178 g/mol. The summed E-state index contributed by atoms with van der Waals surface area (Å²) in [6.45, 7) is 1.53. The average molecular weight is 179 g/mol. The van der Waals surface area contributed by atoms with E-state index in [9.17, 15) is 4.79 Å². The second kappa shape index (κ2) is 4.21. The van der Waals surface area contributed by atoms with Crippen LogP contribution in [0.1, 0.15) is 6.92 Å². The SMILES string of the molecule is CC(C#CC(=O)O)=C(Cl)Cl. The molecule has 1 N–H and O–H groups in total. The number of halogens is 2. The van der Waals surface area contributed by atoms with Crippen molar-refractivity contribution in [3.8, 4) is 11.8 Å². The van der Waals surface area contributed by atoms with Crippen LogP contribution in [0.15, 0.2) is 10.1 Å². The van der Waals surface area contributed by atoms with Crippen LogP contribution in [0.25, 0.3) is 0 Å². The summed E-state index contributed by atoms with van der Waals surface area (Å²) >= 11 is 10.5. The molecule has 4 heteroatoms. The van der Waals surface area contributed by atoms with Crippen LogP contribution in [-0.2, 0) is 4.79 Å². The molecule has 0 heterocycles. The van der Waals surface area contributed by atoms with E-state index in [4.69, 9.17) is 28.3 Å². The quantitative estimate of drug-likeness (QED) is 0.575. The van der Waals surface area contributed by atoms with Gasteiger partial charge in [0.25, 0.3) is 0 Å². The first-order valence-corrected chi connectivity index (χ1v) is 3.06. The van der Waals surface area contributed by atoms with Crippen molar-refractivity contribution in [1.82, 2.24) is 0 Å². The summed E-state index contributed by atoms with van der Waals surface area (Å²) in [5.41, 5.74) is 0.353. The highest BCUT2D eigenvalue weighted by Crippen LogP contribution is 2.11. The van der Waals surface area contributed by atoms with E-state index in [0.29, 0.717) is 5.57 Å². The van der Waals surface area contributed by atoms with E-state index in [-0.39, 0.29) is 4.49 Å². The highest BCUT2D eigenvalue weighted by molar-refractivity contribution is 6.56. The molecule has 0 saturated carbocycles. The summed E-state index contributed by atoms with van der Waals surface area (Å²) in [5.74, 6) is 2.91. The van der Waals surface area contributed by atoms with E-state index in [1.807, 2.05) is 5.92 Å². The molecule has 0 aliphatic carbocycles. The molecule has 0 unspecified atom stereocenters. The van der Waals surface area contributed by atoms with Crippen molar-refractivity contribution in [2.45, 2.75) is 6.92 Å². The molecular formula is C6H4Cl2O2. The molecule has 0 radical (unpaired) electrons. The number of aliphatic carboxylic acids is 1. The Hall–Kier alpha value is -0.650. The zero-order chi connectivity index (χ0) is 8.15. The van der Waals surface area contributed by atoms with Gasteiger partial charge in [-0.05, 0) is 6.92 Å². The normalized spacial score (nSPS) is 7.50. The predicted octanol–water partition coefficient (Wildman–Crippen LogP) is 1.78. The Balaban J connectivity index is 4.34. The van der Waals surface area contributed by atoms with Crippen LogP contribution in [0.3, 0.4) is 0 Å². The predicted molar refractivity (Wildman–Crippen MR) is 39.8 cm³/mol. The summed E-state index contributed by atoms with van der Waals surface area (Å²) < 4.78 is -0.00579. The summed E-state index contributed by atoms with van der Waals surface area (Å²) in [6.07, 6.45) is 0.